The predicted molar refractivity (Wildman–Crippen MR) is 72.5 cm³/mol. The Morgan fingerprint density at radius 2 is 2.06 bits per heavy atom. The first-order valence-electron chi connectivity index (χ1n) is 5.71. The summed E-state index contributed by atoms with van der Waals surface area (Å²) in [5.74, 6) is 1.04. The largest absolute Gasteiger partial charge is 0.378 e. The Morgan fingerprint density at radius 3 is 2.88 bits per heavy atom. The summed E-state index contributed by atoms with van der Waals surface area (Å²) >= 11 is 3.54. The molecule has 17 heavy (non-hydrogen) atoms. The van der Waals surface area contributed by atoms with E-state index in [0.717, 1.165) is 42.0 Å². The zero-order valence-electron chi connectivity index (χ0n) is 9.40. The molecule has 0 saturated carbocycles. The van der Waals surface area contributed by atoms with Crippen LogP contribution in [0.4, 0.5) is 5.82 Å². The fourth-order valence-corrected chi connectivity index (χ4v) is 2.57. The first kappa shape index (κ1) is 11.0. The summed E-state index contributed by atoms with van der Waals surface area (Å²) in [5.41, 5.74) is 0. The molecule has 88 valence electrons. The Kier molecular flexibility index (Phi) is 2.99. The molecule has 0 bridgehead atoms. The Balaban J connectivity index is 2.01. The van der Waals surface area contributed by atoms with E-state index >= 15 is 0 Å². The van der Waals surface area contributed by atoms with Crippen LogP contribution in [0.5, 0.6) is 0 Å². The van der Waals surface area contributed by atoms with Gasteiger partial charge < -0.3 is 9.64 Å². The highest BCUT2D eigenvalue weighted by Crippen LogP contribution is 2.26. The van der Waals surface area contributed by atoms with E-state index < -0.39 is 0 Å². The van der Waals surface area contributed by atoms with E-state index in [1.54, 1.807) is 0 Å². The molecule has 2 heterocycles. The minimum absolute atomic E-state index is 0.790. The molecule has 0 spiro atoms. The lowest BCUT2D eigenvalue weighted by Gasteiger charge is -2.27. The first-order chi connectivity index (χ1) is 8.34. The molecule has 0 atom stereocenters. The van der Waals surface area contributed by atoms with Crippen LogP contribution < -0.4 is 4.90 Å². The van der Waals surface area contributed by atoms with Gasteiger partial charge in [0, 0.05) is 29.1 Å². The highest BCUT2D eigenvalue weighted by Gasteiger charge is 2.12. The molecule has 2 aromatic rings. The monoisotopic (exact) mass is 292 g/mol. The minimum atomic E-state index is 0.790. The average Bonchev–Trinajstić information content (AvgIpc) is 2.40. The van der Waals surface area contributed by atoms with Crippen LogP contribution in [0, 0.1) is 0 Å². The van der Waals surface area contributed by atoms with E-state index in [9.17, 15) is 0 Å². The van der Waals surface area contributed by atoms with Crippen molar-refractivity contribution in [3.8, 4) is 0 Å². The van der Waals surface area contributed by atoms with Gasteiger partial charge in [-0.05, 0) is 17.5 Å². The van der Waals surface area contributed by atoms with Crippen molar-refractivity contribution >= 4 is 32.5 Å². The van der Waals surface area contributed by atoms with Crippen molar-refractivity contribution in [1.29, 1.82) is 0 Å². The molecule has 0 N–H and O–H groups in total. The smallest absolute Gasteiger partial charge is 0.129 e. The number of pyridine rings is 1. The molecule has 1 aliphatic heterocycles. The van der Waals surface area contributed by atoms with Crippen LogP contribution in [0.25, 0.3) is 10.8 Å². The number of halogens is 1. The number of ether oxygens (including phenoxy) is 1. The third kappa shape index (κ3) is 2.15. The topological polar surface area (TPSA) is 25.4 Å². The van der Waals surface area contributed by atoms with Crippen LogP contribution in [0.3, 0.4) is 0 Å². The van der Waals surface area contributed by atoms with Gasteiger partial charge in [0.15, 0.2) is 0 Å². The van der Waals surface area contributed by atoms with Crippen molar-refractivity contribution in [2.75, 3.05) is 31.2 Å². The van der Waals surface area contributed by atoms with E-state index in [0.29, 0.717) is 0 Å². The quantitative estimate of drug-likeness (QED) is 0.808. The Morgan fingerprint density at radius 1 is 1.24 bits per heavy atom. The summed E-state index contributed by atoms with van der Waals surface area (Å²) in [6.45, 7) is 3.43. The fraction of sp³-hybridized carbons (Fsp3) is 0.308. The van der Waals surface area contributed by atoms with Gasteiger partial charge in [0.05, 0.1) is 13.2 Å². The van der Waals surface area contributed by atoms with Crippen LogP contribution in [0.15, 0.2) is 34.9 Å². The van der Waals surface area contributed by atoms with Gasteiger partial charge in [-0.25, -0.2) is 4.98 Å². The molecule has 0 amide bonds. The number of hydrogen-bond acceptors (Lipinski definition) is 3. The fourth-order valence-electron chi connectivity index (χ4n) is 2.09. The number of nitrogens with zero attached hydrogens (tertiary/aromatic N) is 2. The van der Waals surface area contributed by atoms with Gasteiger partial charge in [0.25, 0.3) is 0 Å². The number of anilines is 1. The standard InChI is InChI=1S/C13H13BrN2O/c14-12-3-1-2-10-8-13(15-9-11(10)12)16-4-6-17-7-5-16/h1-3,8-9H,4-7H2. The van der Waals surface area contributed by atoms with Crippen LogP contribution in [0.2, 0.25) is 0 Å². The third-order valence-corrected chi connectivity index (χ3v) is 3.72. The predicted octanol–water partition coefficient (Wildman–Crippen LogP) is 2.83. The summed E-state index contributed by atoms with van der Waals surface area (Å²) < 4.78 is 6.44. The second-order valence-electron chi connectivity index (χ2n) is 4.10. The van der Waals surface area contributed by atoms with Gasteiger partial charge in [0.1, 0.15) is 5.82 Å². The molecule has 0 radical (unpaired) electrons. The Hall–Kier alpha value is -1.13. The highest BCUT2D eigenvalue weighted by atomic mass is 79.9. The molecule has 1 fully saturated rings. The number of fused-ring (bicyclic) bond motifs is 1. The van der Waals surface area contributed by atoms with E-state index in [1.807, 2.05) is 12.3 Å². The maximum Gasteiger partial charge on any atom is 0.129 e. The summed E-state index contributed by atoms with van der Waals surface area (Å²) in [6.07, 6.45) is 1.93. The van der Waals surface area contributed by atoms with Crippen LogP contribution >= 0.6 is 15.9 Å². The second kappa shape index (κ2) is 4.63. The molecule has 3 rings (SSSR count). The molecule has 0 unspecified atom stereocenters. The number of hydrogen-bond donors (Lipinski definition) is 0. The van der Waals surface area contributed by atoms with Crippen molar-refractivity contribution in [2.24, 2.45) is 0 Å². The van der Waals surface area contributed by atoms with Gasteiger partial charge in [-0.2, -0.15) is 0 Å². The van der Waals surface area contributed by atoms with Gasteiger partial charge in [-0.15, -0.1) is 0 Å². The van der Waals surface area contributed by atoms with Gasteiger partial charge >= 0.3 is 0 Å². The molecule has 3 nitrogen and oxygen atoms in total. The summed E-state index contributed by atoms with van der Waals surface area (Å²) in [6, 6.07) is 8.35. The van der Waals surface area contributed by atoms with Crippen molar-refractivity contribution in [3.05, 3.63) is 34.9 Å². The molecule has 1 saturated heterocycles. The Bertz CT molecular complexity index is 538. The maximum atomic E-state index is 5.35. The second-order valence-corrected chi connectivity index (χ2v) is 4.96. The van der Waals surface area contributed by atoms with Gasteiger partial charge in [-0.1, -0.05) is 28.1 Å². The number of rotatable bonds is 1. The number of aromatic nitrogens is 1. The average molecular weight is 293 g/mol. The van der Waals surface area contributed by atoms with E-state index in [2.05, 4.69) is 44.0 Å². The van der Waals surface area contributed by atoms with Crippen molar-refractivity contribution in [3.63, 3.8) is 0 Å². The molecular weight excluding hydrogens is 280 g/mol. The highest BCUT2D eigenvalue weighted by molar-refractivity contribution is 9.10. The van der Waals surface area contributed by atoms with E-state index in [-0.39, 0.29) is 0 Å². The van der Waals surface area contributed by atoms with Gasteiger partial charge in [-0.3, -0.25) is 0 Å². The summed E-state index contributed by atoms with van der Waals surface area (Å²) in [4.78, 5) is 6.80. The van der Waals surface area contributed by atoms with Crippen LogP contribution in [-0.2, 0) is 4.74 Å². The Labute approximate surface area is 109 Å². The van der Waals surface area contributed by atoms with Crippen molar-refractivity contribution < 1.29 is 4.74 Å². The summed E-state index contributed by atoms with van der Waals surface area (Å²) in [5, 5.41) is 2.38. The zero-order chi connectivity index (χ0) is 11.7. The molecule has 1 aliphatic rings. The van der Waals surface area contributed by atoms with Crippen LogP contribution in [-0.4, -0.2) is 31.3 Å². The van der Waals surface area contributed by atoms with Crippen LogP contribution in [0.1, 0.15) is 0 Å². The number of benzene rings is 1. The molecule has 0 aliphatic carbocycles. The SMILES string of the molecule is Brc1cccc2cc(N3CCOCC3)ncc12. The lowest BCUT2D eigenvalue weighted by Crippen LogP contribution is -2.36. The van der Waals surface area contributed by atoms with Crippen molar-refractivity contribution in [1.82, 2.24) is 4.98 Å². The van der Waals surface area contributed by atoms with E-state index in [1.165, 1.54) is 5.39 Å². The number of morpholine rings is 1. The minimum Gasteiger partial charge on any atom is -0.378 e. The molecular formula is C13H13BrN2O. The molecule has 1 aromatic carbocycles. The van der Waals surface area contributed by atoms with E-state index in [4.69, 9.17) is 4.74 Å². The third-order valence-electron chi connectivity index (χ3n) is 3.03. The normalized spacial score (nSPS) is 16.4. The molecule has 1 aromatic heterocycles. The summed E-state index contributed by atoms with van der Waals surface area (Å²) in [7, 11) is 0. The zero-order valence-corrected chi connectivity index (χ0v) is 11.0. The lowest BCUT2D eigenvalue weighted by atomic mass is 10.2. The van der Waals surface area contributed by atoms with Gasteiger partial charge in [0.2, 0.25) is 0 Å². The first-order valence-corrected chi connectivity index (χ1v) is 6.51. The molecule has 4 heteroatoms. The lowest BCUT2D eigenvalue weighted by molar-refractivity contribution is 0.122. The maximum absolute atomic E-state index is 5.35. The van der Waals surface area contributed by atoms with Crippen molar-refractivity contribution in [2.45, 2.75) is 0 Å².